The van der Waals surface area contributed by atoms with Gasteiger partial charge < -0.3 is 10.5 Å². The molecule has 0 radical (unpaired) electrons. The Morgan fingerprint density at radius 3 is 2.32 bits per heavy atom. The van der Waals surface area contributed by atoms with Crippen LogP contribution in [0.3, 0.4) is 0 Å². The fourth-order valence-corrected chi connectivity index (χ4v) is 1.81. The zero-order chi connectivity index (χ0) is 13.5. The molecule has 2 N–H and O–H groups in total. The fourth-order valence-electron chi connectivity index (χ4n) is 1.81. The topological polar surface area (TPSA) is 61.0 Å². The molecule has 0 aliphatic heterocycles. The molecule has 1 aromatic carbocycles. The molecule has 100 valence electrons. The lowest BCUT2D eigenvalue weighted by atomic mass is 10.1. The van der Waals surface area contributed by atoms with Crippen molar-refractivity contribution in [3.05, 3.63) is 47.8 Å². The number of benzene rings is 1. The number of nitrogens with zero attached hydrogens (tertiary/aromatic N) is 2. The minimum atomic E-state index is 0.267. The molecule has 0 saturated carbocycles. The van der Waals surface area contributed by atoms with Gasteiger partial charge in [-0.3, -0.25) is 0 Å². The molecule has 1 heterocycles. The van der Waals surface area contributed by atoms with Gasteiger partial charge in [0.05, 0.1) is 19.0 Å². The maximum Gasteiger partial charge on any atom is 0.220 e. The molecule has 0 saturated heterocycles. The van der Waals surface area contributed by atoms with E-state index in [4.69, 9.17) is 10.5 Å². The van der Waals surface area contributed by atoms with Crippen LogP contribution < -0.4 is 10.5 Å². The SMILES string of the molecule is CCc1ccc(CCCOc2cnc(N)nc2)cc1. The lowest BCUT2D eigenvalue weighted by Crippen LogP contribution is -2.01. The summed E-state index contributed by atoms with van der Waals surface area (Å²) >= 11 is 0. The van der Waals surface area contributed by atoms with Crippen LogP contribution >= 0.6 is 0 Å². The smallest absolute Gasteiger partial charge is 0.220 e. The lowest BCUT2D eigenvalue weighted by molar-refractivity contribution is 0.308. The number of nitrogens with two attached hydrogens (primary N) is 1. The molecule has 19 heavy (non-hydrogen) atoms. The summed E-state index contributed by atoms with van der Waals surface area (Å²) in [6.45, 7) is 2.82. The van der Waals surface area contributed by atoms with Crippen LogP contribution in [0.25, 0.3) is 0 Å². The summed E-state index contributed by atoms with van der Waals surface area (Å²) in [4.78, 5) is 7.75. The average Bonchev–Trinajstić information content (AvgIpc) is 2.46. The van der Waals surface area contributed by atoms with Crippen LogP contribution in [0.1, 0.15) is 24.5 Å². The van der Waals surface area contributed by atoms with Crippen molar-refractivity contribution in [3.8, 4) is 5.75 Å². The van der Waals surface area contributed by atoms with Gasteiger partial charge in [0.2, 0.25) is 5.95 Å². The summed E-state index contributed by atoms with van der Waals surface area (Å²) in [5.41, 5.74) is 8.12. The Labute approximate surface area is 113 Å². The first-order valence-electron chi connectivity index (χ1n) is 6.56. The maximum absolute atomic E-state index is 5.55. The highest BCUT2D eigenvalue weighted by atomic mass is 16.5. The van der Waals surface area contributed by atoms with Gasteiger partial charge in [-0.2, -0.15) is 0 Å². The molecule has 0 bridgehead atoms. The van der Waals surface area contributed by atoms with E-state index in [0.717, 1.165) is 19.3 Å². The van der Waals surface area contributed by atoms with Crippen LogP contribution in [0.2, 0.25) is 0 Å². The highest BCUT2D eigenvalue weighted by Crippen LogP contribution is 2.10. The molecule has 2 rings (SSSR count). The Kier molecular flexibility index (Phi) is 4.72. The van der Waals surface area contributed by atoms with E-state index in [-0.39, 0.29) is 5.95 Å². The molecular weight excluding hydrogens is 238 g/mol. The number of hydrogen-bond acceptors (Lipinski definition) is 4. The van der Waals surface area contributed by atoms with Crippen molar-refractivity contribution in [2.75, 3.05) is 12.3 Å². The highest BCUT2D eigenvalue weighted by Gasteiger charge is 1.97. The second-order valence-electron chi connectivity index (χ2n) is 4.40. The van der Waals surface area contributed by atoms with E-state index in [1.54, 1.807) is 12.4 Å². The molecule has 0 fully saturated rings. The van der Waals surface area contributed by atoms with Gasteiger partial charge in [0, 0.05) is 0 Å². The molecule has 4 heteroatoms. The first kappa shape index (κ1) is 13.3. The van der Waals surface area contributed by atoms with E-state index >= 15 is 0 Å². The van der Waals surface area contributed by atoms with Gasteiger partial charge in [-0.05, 0) is 30.4 Å². The zero-order valence-corrected chi connectivity index (χ0v) is 11.2. The van der Waals surface area contributed by atoms with E-state index in [1.165, 1.54) is 11.1 Å². The Morgan fingerprint density at radius 2 is 1.68 bits per heavy atom. The summed E-state index contributed by atoms with van der Waals surface area (Å²) < 4.78 is 5.55. The first-order valence-corrected chi connectivity index (χ1v) is 6.56. The van der Waals surface area contributed by atoms with Gasteiger partial charge in [-0.25, -0.2) is 9.97 Å². The molecule has 4 nitrogen and oxygen atoms in total. The van der Waals surface area contributed by atoms with E-state index in [9.17, 15) is 0 Å². The third-order valence-corrected chi connectivity index (χ3v) is 2.96. The van der Waals surface area contributed by atoms with Gasteiger partial charge in [0.15, 0.2) is 5.75 Å². The number of rotatable bonds is 6. The van der Waals surface area contributed by atoms with Crippen molar-refractivity contribution >= 4 is 5.95 Å². The second kappa shape index (κ2) is 6.73. The van der Waals surface area contributed by atoms with Crippen molar-refractivity contribution in [2.45, 2.75) is 26.2 Å². The predicted octanol–water partition coefficient (Wildman–Crippen LogP) is 2.63. The highest BCUT2D eigenvalue weighted by molar-refractivity contribution is 5.23. The maximum atomic E-state index is 5.55. The lowest BCUT2D eigenvalue weighted by Gasteiger charge is -2.06. The van der Waals surface area contributed by atoms with Crippen LogP contribution in [-0.2, 0) is 12.8 Å². The largest absolute Gasteiger partial charge is 0.490 e. The number of ether oxygens (including phenoxy) is 1. The number of nitrogen functional groups attached to an aromatic ring is 1. The summed E-state index contributed by atoms with van der Waals surface area (Å²) in [6.07, 6.45) is 6.26. The van der Waals surface area contributed by atoms with Gasteiger partial charge in [-0.1, -0.05) is 31.2 Å². The van der Waals surface area contributed by atoms with Crippen molar-refractivity contribution in [2.24, 2.45) is 0 Å². The second-order valence-corrected chi connectivity index (χ2v) is 4.40. The Hall–Kier alpha value is -2.10. The summed E-state index contributed by atoms with van der Waals surface area (Å²) in [5.74, 6) is 0.930. The average molecular weight is 257 g/mol. The van der Waals surface area contributed by atoms with Crippen LogP contribution in [0.4, 0.5) is 5.95 Å². The van der Waals surface area contributed by atoms with Gasteiger partial charge in [0.1, 0.15) is 0 Å². The van der Waals surface area contributed by atoms with E-state index in [1.807, 2.05) is 0 Å². The molecule has 1 aromatic heterocycles. The third-order valence-electron chi connectivity index (χ3n) is 2.96. The Morgan fingerprint density at radius 1 is 1.05 bits per heavy atom. The minimum Gasteiger partial charge on any atom is -0.490 e. The molecule has 0 unspecified atom stereocenters. The predicted molar refractivity (Wildman–Crippen MR) is 76.1 cm³/mol. The third kappa shape index (κ3) is 4.25. The number of aryl methyl sites for hydroxylation is 2. The first-order chi connectivity index (χ1) is 9.28. The Bertz CT molecular complexity index is 494. The van der Waals surface area contributed by atoms with E-state index in [0.29, 0.717) is 12.4 Å². The summed E-state index contributed by atoms with van der Waals surface area (Å²) in [7, 11) is 0. The quantitative estimate of drug-likeness (QED) is 0.808. The van der Waals surface area contributed by atoms with Crippen LogP contribution in [-0.4, -0.2) is 16.6 Å². The van der Waals surface area contributed by atoms with Crippen LogP contribution in [0, 0.1) is 0 Å². The number of anilines is 1. The molecule has 0 atom stereocenters. The monoisotopic (exact) mass is 257 g/mol. The van der Waals surface area contributed by atoms with Crippen LogP contribution in [0.15, 0.2) is 36.7 Å². The molecule has 0 aliphatic carbocycles. The molecule has 0 amide bonds. The minimum absolute atomic E-state index is 0.267. The Balaban J connectivity index is 1.72. The number of hydrogen-bond donors (Lipinski definition) is 1. The summed E-state index contributed by atoms with van der Waals surface area (Å²) in [5, 5.41) is 0. The van der Waals surface area contributed by atoms with Gasteiger partial charge in [-0.15, -0.1) is 0 Å². The fraction of sp³-hybridized carbons (Fsp3) is 0.333. The normalized spacial score (nSPS) is 10.4. The zero-order valence-electron chi connectivity index (χ0n) is 11.2. The molecule has 2 aromatic rings. The van der Waals surface area contributed by atoms with Crippen molar-refractivity contribution in [1.29, 1.82) is 0 Å². The standard InChI is InChI=1S/C15H19N3O/c1-2-12-5-7-13(8-6-12)4-3-9-19-14-10-17-15(16)18-11-14/h5-8,10-11H,2-4,9H2,1H3,(H2,16,17,18). The van der Waals surface area contributed by atoms with E-state index in [2.05, 4.69) is 41.2 Å². The number of aromatic nitrogens is 2. The van der Waals surface area contributed by atoms with Crippen molar-refractivity contribution in [3.63, 3.8) is 0 Å². The molecular formula is C15H19N3O. The van der Waals surface area contributed by atoms with Crippen molar-refractivity contribution in [1.82, 2.24) is 9.97 Å². The molecule has 0 aliphatic rings. The van der Waals surface area contributed by atoms with Gasteiger partial charge >= 0.3 is 0 Å². The van der Waals surface area contributed by atoms with Gasteiger partial charge in [0.25, 0.3) is 0 Å². The summed E-state index contributed by atoms with van der Waals surface area (Å²) in [6, 6.07) is 8.74. The van der Waals surface area contributed by atoms with Crippen LogP contribution in [0.5, 0.6) is 5.75 Å². The van der Waals surface area contributed by atoms with E-state index < -0.39 is 0 Å². The molecule has 0 spiro atoms. The van der Waals surface area contributed by atoms with Crippen molar-refractivity contribution < 1.29 is 4.74 Å².